The van der Waals surface area contributed by atoms with Gasteiger partial charge in [-0.1, -0.05) is 26.8 Å². The van der Waals surface area contributed by atoms with E-state index in [2.05, 4.69) is 50.2 Å². The van der Waals surface area contributed by atoms with E-state index in [9.17, 15) is 0 Å². The van der Waals surface area contributed by atoms with E-state index in [4.69, 9.17) is 4.74 Å². The Hall–Kier alpha value is -1.22. The van der Waals surface area contributed by atoms with Gasteiger partial charge in [0.15, 0.2) is 0 Å². The molecule has 0 unspecified atom stereocenters. The van der Waals surface area contributed by atoms with Gasteiger partial charge in [-0.2, -0.15) is 0 Å². The second kappa shape index (κ2) is 5.41. The molecule has 0 aromatic heterocycles. The van der Waals surface area contributed by atoms with Gasteiger partial charge in [-0.15, -0.1) is 0 Å². The van der Waals surface area contributed by atoms with Crippen LogP contribution in [0.25, 0.3) is 0 Å². The molecule has 3 heteroatoms. The average Bonchev–Trinajstić information content (AvgIpc) is 2.27. The number of methoxy groups -OCH3 is 1. The summed E-state index contributed by atoms with van der Waals surface area (Å²) in [6, 6.07) is 6.38. The van der Waals surface area contributed by atoms with Crippen molar-refractivity contribution in [2.24, 2.45) is 0 Å². The largest absolute Gasteiger partial charge is 0.495 e. The lowest BCUT2D eigenvalue weighted by Gasteiger charge is -2.25. The molecule has 0 saturated carbocycles. The van der Waals surface area contributed by atoms with E-state index in [0.717, 1.165) is 18.1 Å². The Morgan fingerprint density at radius 3 is 2.41 bits per heavy atom. The molecule has 0 aliphatic rings. The quantitative estimate of drug-likeness (QED) is 0.813. The van der Waals surface area contributed by atoms with Gasteiger partial charge in [0.2, 0.25) is 0 Å². The number of ether oxygens (including phenoxy) is 1. The molecular weight excluding hydrogens is 212 g/mol. The molecule has 17 heavy (non-hydrogen) atoms. The summed E-state index contributed by atoms with van der Waals surface area (Å²) < 4.78 is 5.41. The van der Waals surface area contributed by atoms with Crippen molar-refractivity contribution in [3.63, 3.8) is 0 Å². The number of nitrogens with one attached hydrogen (secondary N) is 1. The maximum Gasteiger partial charge on any atom is 0.142 e. The summed E-state index contributed by atoms with van der Waals surface area (Å²) in [4.78, 5) is 2.15. The molecule has 1 aromatic carbocycles. The molecule has 0 spiro atoms. The van der Waals surface area contributed by atoms with Crippen LogP contribution in [0, 0.1) is 0 Å². The van der Waals surface area contributed by atoms with Crippen LogP contribution in [0.1, 0.15) is 26.3 Å². The van der Waals surface area contributed by atoms with E-state index >= 15 is 0 Å². The lowest BCUT2D eigenvalue weighted by atomic mass is 9.86. The highest BCUT2D eigenvalue weighted by Crippen LogP contribution is 2.33. The first kappa shape index (κ1) is 13.8. The van der Waals surface area contributed by atoms with Crippen LogP contribution in [-0.4, -0.2) is 27.9 Å². The summed E-state index contributed by atoms with van der Waals surface area (Å²) in [6.45, 7) is 7.45. The predicted octanol–water partition coefficient (Wildman–Crippen LogP) is 2.61. The van der Waals surface area contributed by atoms with Crippen LogP contribution >= 0.6 is 0 Å². The number of hydrogen-bond donors (Lipinski definition) is 1. The van der Waals surface area contributed by atoms with Crippen LogP contribution < -0.4 is 15.0 Å². The zero-order valence-electron chi connectivity index (χ0n) is 11.8. The topological polar surface area (TPSA) is 24.5 Å². The summed E-state index contributed by atoms with van der Waals surface area (Å²) in [5, 5.41) is 3.15. The van der Waals surface area contributed by atoms with Gasteiger partial charge in [0.25, 0.3) is 0 Å². The Morgan fingerprint density at radius 2 is 1.94 bits per heavy atom. The van der Waals surface area contributed by atoms with Crippen LogP contribution in [0.15, 0.2) is 18.2 Å². The number of benzene rings is 1. The van der Waals surface area contributed by atoms with Crippen LogP contribution in [0.3, 0.4) is 0 Å². The van der Waals surface area contributed by atoms with E-state index in [1.54, 1.807) is 7.11 Å². The molecule has 0 atom stereocenters. The van der Waals surface area contributed by atoms with Crippen molar-refractivity contribution < 1.29 is 4.74 Å². The van der Waals surface area contributed by atoms with Crippen LogP contribution in [0.4, 0.5) is 5.69 Å². The number of anilines is 1. The zero-order chi connectivity index (χ0) is 13.1. The fourth-order valence-corrected chi connectivity index (χ4v) is 1.78. The smallest absolute Gasteiger partial charge is 0.142 e. The molecule has 0 heterocycles. The molecule has 0 radical (unpaired) electrons. The third-order valence-electron chi connectivity index (χ3n) is 2.85. The Morgan fingerprint density at radius 1 is 1.29 bits per heavy atom. The number of rotatable bonds is 4. The predicted molar refractivity (Wildman–Crippen MR) is 74.0 cm³/mol. The minimum atomic E-state index is 0.154. The lowest BCUT2D eigenvalue weighted by molar-refractivity contribution is 0.414. The molecule has 0 bridgehead atoms. The van der Waals surface area contributed by atoms with Crippen molar-refractivity contribution in [3.05, 3.63) is 23.8 Å². The molecule has 1 aromatic rings. The normalized spacial score (nSPS) is 11.4. The Kier molecular flexibility index (Phi) is 4.40. The lowest BCUT2D eigenvalue weighted by Crippen LogP contribution is -2.29. The third kappa shape index (κ3) is 3.37. The third-order valence-corrected chi connectivity index (χ3v) is 2.85. The molecule has 0 fully saturated rings. The fourth-order valence-electron chi connectivity index (χ4n) is 1.78. The molecule has 0 saturated heterocycles. The molecule has 96 valence electrons. The average molecular weight is 236 g/mol. The Labute approximate surface area is 105 Å². The fraction of sp³-hybridized carbons (Fsp3) is 0.571. The van der Waals surface area contributed by atoms with Gasteiger partial charge in [0, 0.05) is 7.05 Å². The highest BCUT2D eigenvalue weighted by atomic mass is 16.5. The van der Waals surface area contributed by atoms with Gasteiger partial charge in [-0.3, -0.25) is 0 Å². The van der Waals surface area contributed by atoms with Crippen LogP contribution in [0.2, 0.25) is 0 Å². The first-order valence-electron chi connectivity index (χ1n) is 5.94. The zero-order valence-corrected chi connectivity index (χ0v) is 11.8. The van der Waals surface area contributed by atoms with Crippen molar-refractivity contribution in [1.82, 2.24) is 5.32 Å². The van der Waals surface area contributed by atoms with E-state index in [0.29, 0.717) is 0 Å². The van der Waals surface area contributed by atoms with Crippen molar-refractivity contribution in [2.75, 3.05) is 32.8 Å². The summed E-state index contributed by atoms with van der Waals surface area (Å²) in [6.07, 6.45) is 0. The van der Waals surface area contributed by atoms with Crippen molar-refractivity contribution in [3.8, 4) is 5.75 Å². The monoisotopic (exact) mass is 236 g/mol. The summed E-state index contributed by atoms with van der Waals surface area (Å²) in [5.74, 6) is 0.913. The molecule has 0 aliphatic carbocycles. The van der Waals surface area contributed by atoms with Crippen molar-refractivity contribution in [1.29, 1.82) is 0 Å². The standard InChI is InChI=1S/C14H24N2O/c1-14(2,3)11-7-8-13(17-6)12(9-11)16(5)10-15-4/h7-9,15H,10H2,1-6H3. The molecular formula is C14H24N2O. The summed E-state index contributed by atoms with van der Waals surface area (Å²) in [5.41, 5.74) is 2.59. The highest BCUT2D eigenvalue weighted by Gasteiger charge is 2.17. The minimum absolute atomic E-state index is 0.154. The summed E-state index contributed by atoms with van der Waals surface area (Å²) in [7, 11) is 5.71. The molecule has 1 rings (SSSR count). The van der Waals surface area contributed by atoms with Crippen LogP contribution in [0.5, 0.6) is 5.75 Å². The number of hydrogen-bond acceptors (Lipinski definition) is 3. The van der Waals surface area contributed by atoms with Gasteiger partial charge in [0.05, 0.1) is 19.5 Å². The summed E-state index contributed by atoms with van der Waals surface area (Å²) >= 11 is 0. The van der Waals surface area contributed by atoms with Crippen molar-refractivity contribution >= 4 is 5.69 Å². The van der Waals surface area contributed by atoms with Gasteiger partial charge in [-0.05, 0) is 30.2 Å². The first-order chi connectivity index (χ1) is 7.90. The van der Waals surface area contributed by atoms with Crippen molar-refractivity contribution in [2.45, 2.75) is 26.2 Å². The Bertz CT molecular complexity index is 369. The van der Waals surface area contributed by atoms with Gasteiger partial charge in [0.1, 0.15) is 5.75 Å². The van der Waals surface area contributed by atoms with Gasteiger partial charge >= 0.3 is 0 Å². The SMILES string of the molecule is CNCN(C)c1cc(C(C)(C)C)ccc1OC. The maximum absolute atomic E-state index is 5.41. The molecule has 0 aliphatic heterocycles. The van der Waals surface area contributed by atoms with E-state index in [-0.39, 0.29) is 5.41 Å². The van der Waals surface area contributed by atoms with E-state index in [1.165, 1.54) is 5.56 Å². The molecule has 1 N–H and O–H groups in total. The van der Waals surface area contributed by atoms with E-state index < -0.39 is 0 Å². The maximum atomic E-state index is 5.41. The number of nitrogens with zero attached hydrogens (tertiary/aromatic N) is 1. The second-order valence-electron chi connectivity index (χ2n) is 5.35. The molecule has 3 nitrogen and oxygen atoms in total. The Balaban J connectivity index is 3.15. The van der Waals surface area contributed by atoms with E-state index in [1.807, 2.05) is 13.1 Å². The highest BCUT2D eigenvalue weighted by molar-refractivity contribution is 5.60. The van der Waals surface area contributed by atoms with Crippen LogP contribution in [-0.2, 0) is 5.41 Å². The molecule has 0 amide bonds. The second-order valence-corrected chi connectivity index (χ2v) is 5.35. The minimum Gasteiger partial charge on any atom is -0.495 e. The first-order valence-corrected chi connectivity index (χ1v) is 5.94. The van der Waals surface area contributed by atoms with Gasteiger partial charge in [-0.25, -0.2) is 0 Å². The van der Waals surface area contributed by atoms with Gasteiger partial charge < -0.3 is 15.0 Å².